The number of fused-ring (bicyclic) bond motifs is 1. The number of benzene rings is 2. The molecule has 0 amide bonds. The molecule has 0 aliphatic carbocycles. The molecule has 38 heavy (non-hydrogen) atoms. The van der Waals surface area contributed by atoms with E-state index in [1.54, 1.807) is 37.2 Å². The second-order valence-electron chi connectivity index (χ2n) is 9.54. The fraction of sp³-hybridized carbons (Fsp3) is 0.464. The van der Waals surface area contributed by atoms with Gasteiger partial charge in [-0.3, -0.25) is 4.98 Å². The Morgan fingerprint density at radius 2 is 1.95 bits per heavy atom. The second-order valence-corrected chi connectivity index (χ2v) is 11.8. The molecule has 1 fully saturated rings. The van der Waals surface area contributed by atoms with Gasteiger partial charge in [0.1, 0.15) is 5.75 Å². The van der Waals surface area contributed by atoms with Gasteiger partial charge in [-0.15, -0.1) is 11.8 Å². The van der Waals surface area contributed by atoms with Crippen LogP contribution in [0.4, 0.5) is 13.2 Å². The Morgan fingerprint density at radius 3 is 2.71 bits per heavy atom. The van der Waals surface area contributed by atoms with Crippen LogP contribution in [0, 0.1) is 11.8 Å². The maximum Gasteiger partial charge on any atom is 0.446 e. The molecule has 5 nitrogen and oxygen atoms in total. The summed E-state index contributed by atoms with van der Waals surface area (Å²) in [4.78, 5) is 7.73. The third-order valence-electron chi connectivity index (χ3n) is 7.08. The first-order chi connectivity index (χ1) is 18.3. The Kier molecular flexibility index (Phi) is 10.2. The highest BCUT2D eigenvalue weighted by Gasteiger charge is 2.30. The molecule has 0 saturated carbocycles. The lowest BCUT2D eigenvalue weighted by atomic mass is 9.81. The van der Waals surface area contributed by atoms with Gasteiger partial charge in [-0.2, -0.15) is 13.2 Å². The van der Waals surface area contributed by atoms with E-state index in [1.165, 1.54) is 6.07 Å². The van der Waals surface area contributed by atoms with Crippen LogP contribution in [0.1, 0.15) is 30.9 Å². The second kappa shape index (κ2) is 13.4. The van der Waals surface area contributed by atoms with Crippen LogP contribution in [-0.4, -0.2) is 64.7 Å². The molecule has 3 atom stereocenters. The topological polar surface area (TPSA) is 65.8 Å². The summed E-state index contributed by atoms with van der Waals surface area (Å²) in [5.41, 5.74) is -2.64. The molecule has 0 radical (unpaired) electrons. The first-order valence-corrected chi connectivity index (χ1v) is 14.5. The predicted octanol–water partition coefficient (Wildman–Crippen LogP) is 6.39. The van der Waals surface area contributed by atoms with E-state index in [4.69, 9.17) is 4.74 Å². The molecular formula is C28H33F3N2O3S2. The van der Waals surface area contributed by atoms with Gasteiger partial charge in [-0.25, -0.2) is 0 Å². The van der Waals surface area contributed by atoms with Crippen molar-refractivity contribution < 1.29 is 28.1 Å². The Labute approximate surface area is 229 Å². The van der Waals surface area contributed by atoms with Crippen molar-refractivity contribution in [3.05, 3.63) is 60.3 Å². The highest BCUT2D eigenvalue weighted by atomic mass is 32.2. The van der Waals surface area contributed by atoms with Crippen LogP contribution in [0.15, 0.2) is 64.5 Å². The molecule has 4 rings (SSSR count). The standard InChI is InChI=1S/C28H33F3N2O3S2/c1-36-21-6-7-26-25(15-21)24(9-11-32-26)27(35)8-5-19-10-12-33(17-20(19)18-34)13-14-37-22-3-2-4-23(16-22)38-28(29,30)31/h2-4,6-7,9,11,15-16,19-20,27,34-35H,5,8,10,12-14,17-18H2,1H3/t19-,20-,27-/m1/s1. The summed E-state index contributed by atoms with van der Waals surface area (Å²) in [6.07, 6.45) is 3.43. The van der Waals surface area contributed by atoms with E-state index in [0.717, 1.165) is 65.3 Å². The number of alkyl halides is 3. The number of aliphatic hydroxyl groups excluding tert-OH is 2. The van der Waals surface area contributed by atoms with Crippen molar-refractivity contribution in [2.45, 2.75) is 40.7 Å². The predicted molar refractivity (Wildman–Crippen MR) is 147 cm³/mol. The van der Waals surface area contributed by atoms with Crippen LogP contribution in [0.2, 0.25) is 0 Å². The van der Waals surface area contributed by atoms with Crippen molar-refractivity contribution in [3.63, 3.8) is 0 Å². The van der Waals surface area contributed by atoms with Gasteiger partial charge < -0.3 is 19.8 Å². The zero-order valence-electron chi connectivity index (χ0n) is 21.2. The van der Waals surface area contributed by atoms with Crippen LogP contribution in [0.3, 0.4) is 0 Å². The number of pyridine rings is 1. The molecule has 1 aliphatic heterocycles. The van der Waals surface area contributed by atoms with Crippen molar-refractivity contribution in [2.75, 3.05) is 39.1 Å². The maximum atomic E-state index is 12.7. The Morgan fingerprint density at radius 1 is 1.13 bits per heavy atom. The van der Waals surface area contributed by atoms with Crippen molar-refractivity contribution in [2.24, 2.45) is 11.8 Å². The van der Waals surface area contributed by atoms with Gasteiger partial charge in [0, 0.05) is 46.8 Å². The molecule has 1 aromatic heterocycles. The Bertz CT molecular complexity index is 1200. The molecule has 2 heterocycles. The lowest BCUT2D eigenvalue weighted by Crippen LogP contribution is -2.43. The third kappa shape index (κ3) is 8.02. The average molecular weight is 567 g/mol. The summed E-state index contributed by atoms with van der Waals surface area (Å²) in [6, 6.07) is 14.0. The van der Waals surface area contributed by atoms with E-state index in [9.17, 15) is 23.4 Å². The Hall–Kier alpha value is -1.98. The van der Waals surface area contributed by atoms with E-state index in [1.807, 2.05) is 30.3 Å². The van der Waals surface area contributed by atoms with Gasteiger partial charge in [-0.1, -0.05) is 6.07 Å². The van der Waals surface area contributed by atoms with E-state index in [0.29, 0.717) is 12.3 Å². The summed E-state index contributed by atoms with van der Waals surface area (Å²) in [6.45, 7) is 2.57. The number of thioether (sulfide) groups is 2. The van der Waals surface area contributed by atoms with Gasteiger partial charge in [0.15, 0.2) is 0 Å². The fourth-order valence-corrected chi connectivity index (χ4v) is 6.74. The van der Waals surface area contributed by atoms with Crippen molar-refractivity contribution in [1.29, 1.82) is 0 Å². The number of nitrogens with zero attached hydrogens (tertiary/aromatic N) is 2. The first-order valence-electron chi connectivity index (χ1n) is 12.7. The summed E-state index contributed by atoms with van der Waals surface area (Å²) in [7, 11) is 1.61. The van der Waals surface area contributed by atoms with Gasteiger partial charge in [0.05, 0.1) is 18.7 Å². The van der Waals surface area contributed by atoms with E-state index in [2.05, 4.69) is 9.88 Å². The number of halogens is 3. The number of aliphatic hydroxyl groups is 2. The summed E-state index contributed by atoms with van der Waals surface area (Å²) in [5, 5.41) is 22.0. The SMILES string of the molecule is COc1ccc2nccc([C@H](O)CC[C@@H]3CCN(CCSc4cccc(SC(F)(F)F)c4)C[C@@H]3CO)c2c1. The van der Waals surface area contributed by atoms with Crippen LogP contribution >= 0.6 is 23.5 Å². The molecule has 0 unspecified atom stereocenters. The zero-order chi connectivity index (χ0) is 27.1. The number of hydrogen-bond acceptors (Lipinski definition) is 7. The molecule has 10 heteroatoms. The minimum absolute atomic E-state index is 0.0911. The number of rotatable bonds is 11. The van der Waals surface area contributed by atoms with Gasteiger partial charge >= 0.3 is 5.51 Å². The van der Waals surface area contributed by atoms with E-state index >= 15 is 0 Å². The maximum absolute atomic E-state index is 12.7. The zero-order valence-corrected chi connectivity index (χ0v) is 22.9. The normalized spacial score (nSPS) is 19.5. The molecule has 1 aliphatic rings. The fourth-order valence-electron chi connectivity index (χ4n) is 5.09. The quantitative estimate of drug-likeness (QED) is 0.261. The largest absolute Gasteiger partial charge is 0.497 e. The summed E-state index contributed by atoms with van der Waals surface area (Å²) < 4.78 is 43.3. The van der Waals surface area contributed by atoms with Crippen molar-refractivity contribution in [1.82, 2.24) is 9.88 Å². The van der Waals surface area contributed by atoms with Crippen molar-refractivity contribution in [3.8, 4) is 5.75 Å². The molecule has 2 N–H and O–H groups in total. The van der Waals surface area contributed by atoms with E-state index < -0.39 is 11.6 Å². The Balaban J connectivity index is 1.27. The molecule has 2 aromatic carbocycles. The number of hydrogen-bond donors (Lipinski definition) is 2. The summed E-state index contributed by atoms with van der Waals surface area (Å²) in [5.74, 6) is 1.93. The van der Waals surface area contributed by atoms with Crippen molar-refractivity contribution >= 4 is 34.4 Å². The minimum Gasteiger partial charge on any atom is -0.497 e. The molecule has 3 aromatic rings. The van der Waals surface area contributed by atoms with Crippen LogP contribution in [0.25, 0.3) is 10.9 Å². The average Bonchev–Trinajstić information content (AvgIpc) is 2.90. The first kappa shape index (κ1) is 29.0. The molecule has 206 valence electrons. The van der Waals surface area contributed by atoms with Gasteiger partial charge in [0.25, 0.3) is 0 Å². The lowest BCUT2D eigenvalue weighted by Gasteiger charge is -2.38. The number of likely N-dealkylation sites (tertiary alicyclic amines) is 1. The highest BCUT2D eigenvalue weighted by Crippen LogP contribution is 2.38. The van der Waals surface area contributed by atoms with E-state index in [-0.39, 0.29) is 29.2 Å². The number of methoxy groups -OCH3 is 1. The molecular weight excluding hydrogens is 533 g/mol. The smallest absolute Gasteiger partial charge is 0.446 e. The summed E-state index contributed by atoms with van der Waals surface area (Å²) >= 11 is 1.46. The third-order valence-corrected chi connectivity index (χ3v) is 8.77. The monoisotopic (exact) mass is 566 g/mol. The lowest BCUT2D eigenvalue weighted by molar-refractivity contribution is -0.0328. The van der Waals surface area contributed by atoms with Gasteiger partial charge in [-0.05, 0) is 97.4 Å². The number of piperidine rings is 1. The molecule has 0 bridgehead atoms. The molecule has 0 spiro atoms. The van der Waals surface area contributed by atoms with Gasteiger partial charge in [0.2, 0.25) is 0 Å². The number of ether oxygens (including phenoxy) is 1. The van der Waals surface area contributed by atoms with Crippen LogP contribution in [-0.2, 0) is 0 Å². The minimum atomic E-state index is -4.29. The number of aromatic nitrogens is 1. The van der Waals surface area contributed by atoms with Crippen LogP contribution < -0.4 is 4.74 Å². The highest BCUT2D eigenvalue weighted by molar-refractivity contribution is 8.00. The molecule has 1 saturated heterocycles. The van der Waals surface area contributed by atoms with Crippen LogP contribution in [0.5, 0.6) is 5.75 Å².